The third-order valence-corrected chi connectivity index (χ3v) is 2.94. The molecular formula is C15H15NO4. The van der Waals surface area contributed by atoms with Crippen molar-refractivity contribution in [2.45, 2.75) is 20.0 Å². The van der Waals surface area contributed by atoms with Crippen LogP contribution in [0.3, 0.4) is 0 Å². The molecule has 1 aliphatic rings. The average molecular weight is 273 g/mol. The molecular weight excluding hydrogens is 258 g/mol. The lowest BCUT2D eigenvalue weighted by Crippen LogP contribution is -2.44. The van der Waals surface area contributed by atoms with Crippen LogP contribution >= 0.6 is 0 Å². The number of carbonyl (C=O) groups is 2. The second-order valence-corrected chi connectivity index (χ2v) is 4.31. The van der Waals surface area contributed by atoms with E-state index >= 15 is 0 Å². The van der Waals surface area contributed by atoms with Crippen LogP contribution < -0.4 is 14.4 Å². The van der Waals surface area contributed by atoms with Gasteiger partial charge in [-0.2, -0.15) is 0 Å². The summed E-state index contributed by atoms with van der Waals surface area (Å²) in [6.07, 6.45) is 5.36. The molecule has 104 valence electrons. The zero-order valence-electron chi connectivity index (χ0n) is 11.4. The third kappa shape index (κ3) is 2.32. The molecule has 5 heteroatoms. The molecule has 1 aromatic rings. The predicted octanol–water partition coefficient (Wildman–Crippen LogP) is 1.64. The normalized spacial score (nSPS) is 16.9. The molecule has 0 fully saturated rings. The van der Waals surface area contributed by atoms with Gasteiger partial charge in [-0.25, -0.2) is 0 Å². The smallest absolute Gasteiger partial charge is 0.268 e. The van der Waals surface area contributed by atoms with E-state index in [-0.39, 0.29) is 12.5 Å². The molecule has 0 aromatic heterocycles. The van der Waals surface area contributed by atoms with Gasteiger partial charge in [0, 0.05) is 5.56 Å². The van der Waals surface area contributed by atoms with Crippen molar-refractivity contribution in [3.05, 3.63) is 17.7 Å². The molecule has 1 amide bonds. The highest BCUT2D eigenvalue weighted by Crippen LogP contribution is 2.42. The number of nitrogens with zero attached hydrogens (tertiary/aromatic N) is 1. The molecule has 0 N–H and O–H groups in total. The summed E-state index contributed by atoms with van der Waals surface area (Å²) in [7, 11) is 0. The topological polar surface area (TPSA) is 55.8 Å². The minimum Gasteiger partial charge on any atom is -0.490 e. The number of carbonyl (C=O) groups excluding carboxylic acids is 2. The van der Waals surface area contributed by atoms with Crippen LogP contribution in [0.4, 0.5) is 5.69 Å². The first-order valence-corrected chi connectivity index (χ1v) is 6.29. The van der Waals surface area contributed by atoms with Gasteiger partial charge in [0.2, 0.25) is 0 Å². The minimum absolute atomic E-state index is 0.118. The molecule has 0 bridgehead atoms. The molecule has 0 saturated heterocycles. The van der Waals surface area contributed by atoms with Gasteiger partial charge in [-0.1, -0.05) is 5.92 Å². The van der Waals surface area contributed by atoms with E-state index < -0.39 is 6.10 Å². The highest BCUT2D eigenvalue weighted by molar-refractivity contribution is 6.01. The molecule has 5 nitrogen and oxygen atoms in total. The number of fused-ring (bicyclic) bond motifs is 1. The van der Waals surface area contributed by atoms with Crippen LogP contribution in [0.1, 0.15) is 24.2 Å². The number of ether oxygens (including phenoxy) is 2. The zero-order chi connectivity index (χ0) is 14.7. The number of terminal acetylenes is 1. The second-order valence-electron chi connectivity index (χ2n) is 4.31. The van der Waals surface area contributed by atoms with Crippen molar-refractivity contribution in [3.63, 3.8) is 0 Å². The van der Waals surface area contributed by atoms with E-state index in [1.807, 2.05) is 6.92 Å². The Bertz CT molecular complexity index is 588. The maximum Gasteiger partial charge on any atom is 0.268 e. The van der Waals surface area contributed by atoms with Gasteiger partial charge in [0.25, 0.3) is 5.91 Å². The first-order valence-electron chi connectivity index (χ1n) is 6.29. The molecule has 0 saturated carbocycles. The van der Waals surface area contributed by atoms with Crippen molar-refractivity contribution in [2.75, 3.05) is 18.1 Å². The highest BCUT2D eigenvalue weighted by Gasteiger charge is 2.33. The lowest BCUT2D eigenvalue weighted by Gasteiger charge is -2.33. The van der Waals surface area contributed by atoms with Gasteiger partial charge in [0.1, 0.15) is 6.29 Å². The summed E-state index contributed by atoms with van der Waals surface area (Å²) < 4.78 is 11.1. The summed E-state index contributed by atoms with van der Waals surface area (Å²) in [5.74, 6) is 3.09. The zero-order valence-corrected chi connectivity index (χ0v) is 11.4. The summed E-state index contributed by atoms with van der Waals surface area (Å²) in [6.45, 7) is 4.03. The standard InChI is InChI=1S/C15H15NO4/c1-4-6-16-12-7-11(9-17)8-13(19-5-2)14(12)20-10(3)15(16)18/h1,7-10H,5-6H2,2-3H3. The largest absolute Gasteiger partial charge is 0.490 e. The number of rotatable bonds is 4. The van der Waals surface area contributed by atoms with Gasteiger partial charge in [0.15, 0.2) is 17.6 Å². The van der Waals surface area contributed by atoms with Crippen LogP contribution in [-0.2, 0) is 4.79 Å². The fourth-order valence-electron chi connectivity index (χ4n) is 2.08. The summed E-state index contributed by atoms with van der Waals surface area (Å²) in [5.41, 5.74) is 0.874. The minimum atomic E-state index is -0.642. The van der Waals surface area contributed by atoms with Gasteiger partial charge in [0.05, 0.1) is 18.8 Å². The van der Waals surface area contributed by atoms with Crippen molar-refractivity contribution < 1.29 is 19.1 Å². The van der Waals surface area contributed by atoms with E-state index in [0.717, 1.165) is 0 Å². The van der Waals surface area contributed by atoms with Crippen molar-refractivity contribution >= 4 is 17.9 Å². The van der Waals surface area contributed by atoms with Gasteiger partial charge in [-0.15, -0.1) is 6.42 Å². The molecule has 0 aliphatic carbocycles. The highest BCUT2D eigenvalue weighted by atomic mass is 16.5. The lowest BCUT2D eigenvalue weighted by atomic mass is 10.1. The first-order chi connectivity index (χ1) is 9.62. The number of amides is 1. The third-order valence-electron chi connectivity index (χ3n) is 2.94. The van der Waals surface area contributed by atoms with Gasteiger partial charge in [-0.05, 0) is 26.0 Å². The Hall–Kier alpha value is -2.48. The molecule has 0 radical (unpaired) electrons. The molecule has 0 spiro atoms. The fourth-order valence-corrected chi connectivity index (χ4v) is 2.08. The van der Waals surface area contributed by atoms with E-state index in [2.05, 4.69) is 5.92 Å². The van der Waals surface area contributed by atoms with Crippen LogP contribution in [-0.4, -0.2) is 31.4 Å². The first kappa shape index (κ1) is 13.9. The monoisotopic (exact) mass is 273 g/mol. The molecule has 1 heterocycles. The Morgan fingerprint density at radius 3 is 2.90 bits per heavy atom. The van der Waals surface area contributed by atoms with E-state index in [1.165, 1.54) is 4.90 Å². The van der Waals surface area contributed by atoms with Crippen LogP contribution in [0.2, 0.25) is 0 Å². The van der Waals surface area contributed by atoms with Gasteiger partial charge in [-0.3, -0.25) is 14.5 Å². The Morgan fingerprint density at radius 2 is 2.30 bits per heavy atom. The Balaban J connectivity index is 2.60. The molecule has 2 rings (SSSR count). The Morgan fingerprint density at radius 1 is 1.55 bits per heavy atom. The van der Waals surface area contributed by atoms with Crippen LogP contribution in [0.5, 0.6) is 11.5 Å². The van der Waals surface area contributed by atoms with E-state index in [9.17, 15) is 9.59 Å². The average Bonchev–Trinajstić information content (AvgIpc) is 2.44. The maximum absolute atomic E-state index is 12.1. The number of aldehydes is 1. The van der Waals surface area contributed by atoms with Crippen molar-refractivity contribution in [1.82, 2.24) is 0 Å². The molecule has 1 unspecified atom stereocenters. The molecule has 20 heavy (non-hydrogen) atoms. The molecule has 1 aliphatic heterocycles. The van der Waals surface area contributed by atoms with Crippen molar-refractivity contribution in [3.8, 4) is 23.8 Å². The maximum atomic E-state index is 12.1. The molecule has 1 atom stereocenters. The second kappa shape index (κ2) is 5.66. The predicted molar refractivity (Wildman–Crippen MR) is 74.3 cm³/mol. The van der Waals surface area contributed by atoms with E-state index in [1.54, 1.807) is 19.1 Å². The molecule has 1 aromatic carbocycles. The van der Waals surface area contributed by atoms with Crippen LogP contribution in [0.25, 0.3) is 0 Å². The summed E-state index contributed by atoms with van der Waals surface area (Å²) in [6, 6.07) is 3.16. The van der Waals surface area contributed by atoms with Gasteiger partial charge >= 0.3 is 0 Å². The number of hydrogen-bond acceptors (Lipinski definition) is 4. The van der Waals surface area contributed by atoms with Crippen LogP contribution in [0, 0.1) is 12.3 Å². The summed E-state index contributed by atoms with van der Waals surface area (Å²) in [4.78, 5) is 24.6. The Labute approximate surface area is 117 Å². The fraction of sp³-hybridized carbons (Fsp3) is 0.333. The van der Waals surface area contributed by atoms with Crippen LogP contribution in [0.15, 0.2) is 12.1 Å². The SMILES string of the molecule is C#CCN1C(=O)C(C)Oc2c(OCC)cc(C=O)cc21. The summed E-state index contributed by atoms with van der Waals surface area (Å²) >= 11 is 0. The van der Waals surface area contributed by atoms with E-state index in [4.69, 9.17) is 15.9 Å². The number of anilines is 1. The summed E-state index contributed by atoms with van der Waals surface area (Å²) in [5, 5.41) is 0. The number of benzene rings is 1. The quantitative estimate of drug-likeness (QED) is 0.618. The Kier molecular flexibility index (Phi) is 3.94. The van der Waals surface area contributed by atoms with Crippen molar-refractivity contribution in [1.29, 1.82) is 0 Å². The van der Waals surface area contributed by atoms with Gasteiger partial charge < -0.3 is 9.47 Å². The number of hydrogen-bond donors (Lipinski definition) is 0. The lowest BCUT2D eigenvalue weighted by molar-refractivity contribution is -0.125. The van der Waals surface area contributed by atoms with Crippen molar-refractivity contribution in [2.24, 2.45) is 0 Å². The van der Waals surface area contributed by atoms with E-state index in [0.29, 0.717) is 35.6 Å².